The Morgan fingerprint density at radius 2 is 1.80 bits per heavy atom. The highest BCUT2D eigenvalue weighted by atomic mass is 16.5. The molecule has 0 N–H and O–H groups in total. The van der Waals surface area contributed by atoms with Crippen LogP contribution in [0, 0.1) is 0 Å². The van der Waals surface area contributed by atoms with Crippen molar-refractivity contribution in [3.05, 3.63) is 41.0 Å². The minimum absolute atomic E-state index is 0.00660. The second-order valence-corrected chi connectivity index (χ2v) is 7.24. The van der Waals surface area contributed by atoms with E-state index in [-0.39, 0.29) is 11.5 Å². The lowest BCUT2D eigenvalue weighted by molar-refractivity contribution is -0.143. The standard InChI is InChI=1S/C19H20N2O4/c1-19(2)11-12-5-3-4-6-13(12)15-14(16(22)18(24)21(15)19)17(23)20-7-9-25-10-8-20/h3-6H,7-11H2,1-2H3. The summed E-state index contributed by atoms with van der Waals surface area (Å²) in [5, 5.41) is 0. The number of benzene rings is 1. The first kappa shape index (κ1) is 16.0. The number of Topliss-reactive ketones (excluding diaryl/α,β-unsaturated/α-hetero) is 1. The number of morpholine rings is 1. The van der Waals surface area contributed by atoms with E-state index < -0.39 is 17.2 Å². The molecule has 3 aliphatic heterocycles. The lowest BCUT2D eigenvalue weighted by atomic mass is 9.84. The molecule has 1 saturated heterocycles. The Labute approximate surface area is 146 Å². The molecule has 0 atom stereocenters. The van der Waals surface area contributed by atoms with E-state index in [1.807, 2.05) is 38.1 Å². The van der Waals surface area contributed by atoms with Crippen molar-refractivity contribution in [3.8, 4) is 0 Å². The molecule has 0 aromatic heterocycles. The Kier molecular flexibility index (Phi) is 3.54. The quantitative estimate of drug-likeness (QED) is 0.565. The molecule has 0 unspecified atom stereocenters. The molecule has 130 valence electrons. The third-order valence-corrected chi connectivity index (χ3v) is 5.10. The molecular formula is C19H20N2O4. The van der Waals surface area contributed by atoms with Crippen LogP contribution >= 0.6 is 0 Å². The second-order valence-electron chi connectivity index (χ2n) is 7.24. The van der Waals surface area contributed by atoms with Crippen molar-refractivity contribution < 1.29 is 19.1 Å². The molecule has 4 rings (SSSR count). The van der Waals surface area contributed by atoms with E-state index in [2.05, 4.69) is 0 Å². The Balaban J connectivity index is 1.90. The van der Waals surface area contributed by atoms with Gasteiger partial charge in [0.1, 0.15) is 5.57 Å². The lowest BCUT2D eigenvalue weighted by Crippen LogP contribution is -2.49. The summed E-state index contributed by atoms with van der Waals surface area (Å²) >= 11 is 0. The van der Waals surface area contributed by atoms with Gasteiger partial charge in [-0.1, -0.05) is 24.3 Å². The van der Waals surface area contributed by atoms with Gasteiger partial charge in [-0.15, -0.1) is 0 Å². The molecule has 0 bridgehead atoms. The minimum atomic E-state index is -0.698. The number of carbonyl (C=O) groups excluding carboxylic acids is 3. The molecule has 0 aliphatic carbocycles. The van der Waals surface area contributed by atoms with Gasteiger partial charge in [0.2, 0.25) is 0 Å². The molecule has 3 heterocycles. The molecule has 3 aliphatic rings. The topological polar surface area (TPSA) is 66.9 Å². The van der Waals surface area contributed by atoms with Crippen LogP contribution in [-0.2, 0) is 25.5 Å². The highest BCUT2D eigenvalue weighted by Crippen LogP contribution is 2.43. The van der Waals surface area contributed by atoms with E-state index in [4.69, 9.17) is 4.74 Å². The number of ketones is 1. The first-order valence-electron chi connectivity index (χ1n) is 8.50. The first-order valence-corrected chi connectivity index (χ1v) is 8.50. The zero-order valence-electron chi connectivity index (χ0n) is 14.4. The van der Waals surface area contributed by atoms with Crippen LogP contribution in [0.4, 0.5) is 0 Å². The van der Waals surface area contributed by atoms with Gasteiger partial charge < -0.3 is 9.64 Å². The molecular weight excluding hydrogens is 320 g/mol. The molecule has 0 spiro atoms. The summed E-state index contributed by atoms with van der Waals surface area (Å²) < 4.78 is 5.28. The smallest absolute Gasteiger partial charge is 0.300 e. The molecule has 6 heteroatoms. The number of nitrogens with zero attached hydrogens (tertiary/aromatic N) is 2. The van der Waals surface area contributed by atoms with Crippen LogP contribution in [0.2, 0.25) is 0 Å². The third-order valence-electron chi connectivity index (χ3n) is 5.10. The van der Waals surface area contributed by atoms with E-state index in [0.717, 1.165) is 11.1 Å². The summed E-state index contributed by atoms with van der Waals surface area (Å²) in [6.07, 6.45) is 0.644. The highest BCUT2D eigenvalue weighted by Gasteiger charge is 2.51. The van der Waals surface area contributed by atoms with Crippen molar-refractivity contribution in [1.82, 2.24) is 9.80 Å². The van der Waals surface area contributed by atoms with Crippen molar-refractivity contribution in [2.45, 2.75) is 25.8 Å². The predicted octanol–water partition coefficient (Wildman–Crippen LogP) is 1.00. The summed E-state index contributed by atoms with van der Waals surface area (Å²) in [5.74, 6) is -1.67. The van der Waals surface area contributed by atoms with Gasteiger partial charge in [0.05, 0.1) is 18.9 Å². The summed E-state index contributed by atoms with van der Waals surface area (Å²) in [6.45, 7) is 5.61. The summed E-state index contributed by atoms with van der Waals surface area (Å²) in [7, 11) is 0. The van der Waals surface area contributed by atoms with E-state index in [0.29, 0.717) is 38.4 Å². The van der Waals surface area contributed by atoms with Crippen molar-refractivity contribution in [1.29, 1.82) is 0 Å². The van der Waals surface area contributed by atoms with E-state index in [1.165, 1.54) is 4.90 Å². The van der Waals surface area contributed by atoms with Gasteiger partial charge >= 0.3 is 0 Å². The number of rotatable bonds is 1. The first-order chi connectivity index (χ1) is 11.9. The number of ether oxygens (including phenoxy) is 1. The third kappa shape index (κ3) is 2.32. The largest absolute Gasteiger partial charge is 0.378 e. The minimum Gasteiger partial charge on any atom is -0.378 e. The summed E-state index contributed by atoms with van der Waals surface area (Å²) in [6, 6.07) is 7.68. The van der Waals surface area contributed by atoms with Crippen LogP contribution in [0.5, 0.6) is 0 Å². The van der Waals surface area contributed by atoms with Crippen LogP contribution in [0.25, 0.3) is 5.70 Å². The van der Waals surface area contributed by atoms with Crippen LogP contribution in [0.1, 0.15) is 25.0 Å². The van der Waals surface area contributed by atoms with Crippen LogP contribution in [0.15, 0.2) is 29.8 Å². The Bertz CT molecular complexity index is 818. The zero-order valence-corrected chi connectivity index (χ0v) is 14.4. The highest BCUT2D eigenvalue weighted by molar-refractivity contribution is 6.55. The summed E-state index contributed by atoms with van der Waals surface area (Å²) in [4.78, 5) is 41.6. The number of hydrogen-bond donors (Lipinski definition) is 0. The van der Waals surface area contributed by atoms with Crippen molar-refractivity contribution in [3.63, 3.8) is 0 Å². The molecule has 1 aromatic carbocycles. The fraction of sp³-hybridized carbons (Fsp3) is 0.421. The van der Waals surface area contributed by atoms with Gasteiger partial charge in [-0.25, -0.2) is 0 Å². The Hall–Kier alpha value is -2.47. The van der Waals surface area contributed by atoms with Gasteiger partial charge in [0.15, 0.2) is 0 Å². The number of fused-ring (bicyclic) bond motifs is 3. The monoisotopic (exact) mass is 340 g/mol. The average Bonchev–Trinajstić information content (AvgIpc) is 2.87. The van der Waals surface area contributed by atoms with Gasteiger partial charge in [-0.2, -0.15) is 0 Å². The molecule has 0 saturated carbocycles. The Morgan fingerprint density at radius 3 is 2.52 bits per heavy atom. The van der Waals surface area contributed by atoms with E-state index in [9.17, 15) is 14.4 Å². The number of hydrogen-bond acceptors (Lipinski definition) is 4. The molecule has 1 aromatic rings. The van der Waals surface area contributed by atoms with Crippen LogP contribution in [-0.4, -0.2) is 59.2 Å². The molecule has 25 heavy (non-hydrogen) atoms. The van der Waals surface area contributed by atoms with Gasteiger partial charge in [0.25, 0.3) is 17.6 Å². The maximum Gasteiger partial charge on any atom is 0.300 e. The maximum atomic E-state index is 13.0. The number of carbonyl (C=O) groups is 3. The van der Waals surface area contributed by atoms with E-state index >= 15 is 0 Å². The van der Waals surface area contributed by atoms with Gasteiger partial charge in [-0.05, 0) is 25.8 Å². The SMILES string of the molecule is CC1(C)Cc2ccccc2C2=C(C(=O)N3CCOCC3)C(=O)C(=O)N21. The van der Waals surface area contributed by atoms with Gasteiger partial charge in [0, 0.05) is 24.2 Å². The van der Waals surface area contributed by atoms with Crippen molar-refractivity contribution >= 4 is 23.3 Å². The van der Waals surface area contributed by atoms with Crippen molar-refractivity contribution in [2.75, 3.05) is 26.3 Å². The molecule has 1 fully saturated rings. The molecule has 2 amide bonds. The lowest BCUT2D eigenvalue weighted by Gasteiger charge is -2.42. The second kappa shape index (κ2) is 5.52. The van der Waals surface area contributed by atoms with E-state index in [1.54, 1.807) is 4.90 Å². The van der Waals surface area contributed by atoms with Crippen LogP contribution in [0.3, 0.4) is 0 Å². The summed E-state index contributed by atoms with van der Waals surface area (Å²) in [5.41, 5.74) is 1.78. The fourth-order valence-electron chi connectivity index (χ4n) is 3.94. The Morgan fingerprint density at radius 1 is 1.12 bits per heavy atom. The fourth-order valence-corrected chi connectivity index (χ4v) is 3.94. The normalized spacial score (nSPS) is 22.2. The average molecular weight is 340 g/mol. The van der Waals surface area contributed by atoms with Crippen molar-refractivity contribution in [2.24, 2.45) is 0 Å². The van der Waals surface area contributed by atoms with Crippen LogP contribution < -0.4 is 0 Å². The molecule has 6 nitrogen and oxygen atoms in total. The maximum absolute atomic E-state index is 13.0. The van der Waals surface area contributed by atoms with Gasteiger partial charge in [-0.3, -0.25) is 19.3 Å². The zero-order chi connectivity index (χ0) is 17.8. The predicted molar refractivity (Wildman–Crippen MR) is 90.4 cm³/mol. The number of amides is 2. The molecule has 0 radical (unpaired) electrons.